The van der Waals surface area contributed by atoms with Gasteiger partial charge in [-0.15, -0.1) is 0 Å². The van der Waals surface area contributed by atoms with E-state index in [9.17, 15) is 10.1 Å². The molecule has 0 spiro atoms. The number of nitro benzene ring substituents is 1. The zero-order valence-electron chi connectivity index (χ0n) is 12.1. The fourth-order valence-electron chi connectivity index (χ4n) is 3.07. The monoisotopic (exact) mass is 290 g/mol. The minimum atomic E-state index is -0.471. The van der Waals surface area contributed by atoms with E-state index in [-0.39, 0.29) is 16.6 Å². The van der Waals surface area contributed by atoms with Gasteiger partial charge in [0.25, 0.3) is 0 Å². The molecule has 3 rings (SSSR count). The summed E-state index contributed by atoms with van der Waals surface area (Å²) in [5.41, 5.74) is 1.46. The first-order valence-corrected chi connectivity index (χ1v) is 7.15. The summed E-state index contributed by atoms with van der Waals surface area (Å²) >= 11 is 0. The molecule has 7 heteroatoms. The number of nitrogens with zero attached hydrogens (tertiary/aromatic N) is 3. The molecule has 0 amide bonds. The fourth-order valence-corrected chi connectivity index (χ4v) is 3.07. The molecule has 0 saturated heterocycles. The van der Waals surface area contributed by atoms with Crippen LogP contribution in [-0.4, -0.2) is 21.3 Å². The normalized spacial score (nSPS) is 21.3. The van der Waals surface area contributed by atoms with E-state index in [1.165, 1.54) is 18.9 Å². The molecule has 1 aromatic heterocycles. The molecule has 1 saturated carbocycles. The predicted molar refractivity (Wildman–Crippen MR) is 78.1 cm³/mol. The Morgan fingerprint density at radius 3 is 2.81 bits per heavy atom. The van der Waals surface area contributed by atoms with Gasteiger partial charge in [-0.25, -0.2) is 4.63 Å². The lowest BCUT2D eigenvalue weighted by Crippen LogP contribution is -2.38. The summed E-state index contributed by atoms with van der Waals surface area (Å²) in [6, 6.07) is 3.45. The summed E-state index contributed by atoms with van der Waals surface area (Å²) < 4.78 is 4.69. The second-order valence-electron chi connectivity index (χ2n) is 6.28. The van der Waals surface area contributed by atoms with Crippen molar-refractivity contribution in [1.82, 2.24) is 10.3 Å². The Bertz CT molecular complexity index is 680. The number of non-ortho nitro benzene ring substituents is 1. The highest BCUT2D eigenvalue weighted by Gasteiger charge is 2.33. The van der Waals surface area contributed by atoms with Crippen molar-refractivity contribution in [2.75, 3.05) is 5.32 Å². The lowest BCUT2D eigenvalue weighted by Gasteiger charge is -2.39. The Hall–Kier alpha value is -2.18. The Labute approximate surface area is 121 Å². The number of hydrogen-bond acceptors (Lipinski definition) is 6. The van der Waals surface area contributed by atoms with Gasteiger partial charge in [-0.3, -0.25) is 10.1 Å². The van der Waals surface area contributed by atoms with Gasteiger partial charge in [-0.05, 0) is 34.6 Å². The standard InChI is InChI=1S/C14H18N4O3/c1-14(2)8-4-3-5-11(14)15-9-6-7-10(18(19)20)13-12(9)16-21-17-13/h6-7,11,15H,3-5,8H2,1-2H3. The highest BCUT2D eigenvalue weighted by Crippen LogP contribution is 2.38. The van der Waals surface area contributed by atoms with Crippen LogP contribution in [0.25, 0.3) is 11.0 Å². The number of nitro groups is 1. The molecule has 0 aliphatic heterocycles. The van der Waals surface area contributed by atoms with Crippen molar-refractivity contribution in [1.29, 1.82) is 0 Å². The van der Waals surface area contributed by atoms with Crippen LogP contribution in [0.5, 0.6) is 0 Å². The largest absolute Gasteiger partial charge is 0.380 e. The van der Waals surface area contributed by atoms with Crippen molar-refractivity contribution >= 4 is 22.4 Å². The zero-order chi connectivity index (χ0) is 15.0. The fraction of sp³-hybridized carbons (Fsp3) is 0.571. The molecular formula is C14H18N4O3. The molecule has 7 nitrogen and oxygen atoms in total. The summed E-state index contributed by atoms with van der Waals surface area (Å²) in [5.74, 6) is 0. The van der Waals surface area contributed by atoms with Gasteiger partial charge < -0.3 is 5.32 Å². The summed E-state index contributed by atoms with van der Waals surface area (Å²) in [5, 5.41) is 22.0. The Morgan fingerprint density at radius 1 is 1.33 bits per heavy atom. The van der Waals surface area contributed by atoms with Crippen LogP contribution in [0.2, 0.25) is 0 Å². The van der Waals surface area contributed by atoms with E-state index in [0.717, 1.165) is 18.5 Å². The van der Waals surface area contributed by atoms with E-state index in [0.29, 0.717) is 11.6 Å². The highest BCUT2D eigenvalue weighted by atomic mass is 16.6. The molecule has 0 bridgehead atoms. The van der Waals surface area contributed by atoms with Crippen LogP contribution in [0.15, 0.2) is 16.8 Å². The number of aromatic nitrogens is 2. The van der Waals surface area contributed by atoms with Crippen LogP contribution in [0, 0.1) is 15.5 Å². The lowest BCUT2D eigenvalue weighted by atomic mass is 9.73. The van der Waals surface area contributed by atoms with Gasteiger partial charge in [-0.2, -0.15) is 0 Å². The first-order valence-electron chi connectivity index (χ1n) is 7.15. The van der Waals surface area contributed by atoms with Crippen LogP contribution in [-0.2, 0) is 0 Å². The van der Waals surface area contributed by atoms with Gasteiger partial charge in [0.05, 0.1) is 10.6 Å². The summed E-state index contributed by atoms with van der Waals surface area (Å²) in [6.07, 6.45) is 4.68. The Morgan fingerprint density at radius 2 is 2.10 bits per heavy atom. The van der Waals surface area contributed by atoms with E-state index in [4.69, 9.17) is 4.63 Å². The van der Waals surface area contributed by atoms with Crippen LogP contribution in [0.1, 0.15) is 39.5 Å². The van der Waals surface area contributed by atoms with Crippen molar-refractivity contribution < 1.29 is 9.55 Å². The minimum absolute atomic E-state index is 0.0836. The zero-order valence-corrected chi connectivity index (χ0v) is 12.1. The van der Waals surface area contributed by atoms with Gasteiger partial charge >= 0.3 is 5.69 Å². The average Bonchev–Trinajstić information content (AvgIpc) is 2.90. The SMILES string of the molecule is CC1(C)CCCCC1Nc1ccc([N+](=O)[O-])c2nonc12. The third-order valence-corrected chi connectivity index (χ3v) is 4.43. The Balaban J connectivity index is 1.96. The van der Waals surface area contributed by atoms with Crippen LogP contribution in [0.4, 0.5) is 11.4 Å². The smallest absolute Gasteiger partial charge is 0.300 e. The number of anilines is 1. The molecule has 1 atom stereocenters. The summed E-state index contributed by atoms with van der Waals surface area (Å²) in [6.45, 7) is 4.49. The molecule has 1 aliphatic rings. The van der Waals surface area contributed by atoms with E-state index >= 15 is 0 Å². The number of hydrogen-bond donors (Lipinski definition) is 1. The van der Waals surface area contributed by atoms with Crippen molar-refractivity contribution in [2.24, 2.45) is 5.41 Å². The molecule has 21 heavy (non-hydrogen) atoms. The molecule has 1 N–H and O–H groups in total. The quantitative estimate of drug-likeness (QED) is 0.686. The molecular weight excluding hydrogens is 272 g/mol. The van der Waals surface area contributed by atoms with Crippen molar-refractivity contribution in [2.45, 2.75) is 45.6 Å². The van der Waals surface area contributed by atoms with Gasteiger partial charge in [0, 0.05) is 12.1 Å². The number of nitrogens with one attached hydrogen (secondary N) is 1. The van der Waals surface area contributed by atoms with Gasteiger partial charge in [0.2, 0.25) is 5.52 Å². The van der Waals surface area contributed by atoms with E-state index in [2.05, 4.69) is 29.5 Å². The number of benzene rings is 1. The van der Waals surface area contributed by atoms with E-state index in [1.54, 1.807) is 6.07 Å². The number of rotatable bonds is 3. The molecule has 2 aromatic rings. The van der Waals surface area contributed by atoms with Crippen molar-refractivity contribution in [3.63, 3.8) is 0 Å². The number of fused-ring (bicyclic) bond motifs is 1. The van der Waals surface area contributed by atoms with E-state index in [1.807, 2.05) is 0 Å². The molecule has 1 aromatic carbocycles. The molecule has 1 fully saturated rings. The third kappa shape index (κ3) is 2.43. The molecule has 0 radical (unpaired) electrons. The van der Waals surface area contributed by atoms with Crippen molar-refractivity contribution in [3.8, 4) is 0 Å². The van der Waals surface area contributed by atoms with E-state index < -0.39 is 4.92 Å². The maximum absolute atomic E-state index is 11.0. The maximum Gasteiger partial charge on any atom is 0.300 e. The molecule has 1 heterocycles. The van der Waals surface area contributed by atoms with Gasteiger partial charge in [0.15, 0.2) is 5.52 Å². The van der Waals surface area contributed by atoms with Gasteiger partial charge in [0.1, 0.15) is 0 Å². The van der Waals surface area contributed by atoms with Crippen LogP contribution < -0.4 is 5.32 Å². The highest BCUT2D eigenvalue weighted by molar-refractivity contribution is 5.93. The molecule has 112 valence electrons. The summed E-state index contributed by atoms with van der Waals surface area (Å²) in [4.78, 5) is 10.5. The molecule has 1 aliphatic carbocycles. The minimum Gasteiger partial charge on any atom is -0.380 e. The second-order valence-corrected chi connectivity index (χ2v) is 6.28. The van der Waals surface area contributed by atoms with Crippen molar-refractivity contribution in [3.05, 3.63) is 22.2 Å². The third-order valence-electron chi connectivity index (χ3n) is 4.43. The lowest BCUT2D eigenvalue weighted by molar-refractivity contribution is -0.383. The maximum atomic E-state index is 11.0. The van der Waals surface area contributed by atoms with Gasteiger partial charge in [-0.1, -0.05) is 26.7 Å². The first-order chi connectivity index (χ1) is 9.99. The Kier molecular flexibility index (Phi) is 3.27. The molecule has 1 unspecified atom stereocenters. The van der Waals surface area contributed by atoms with Crippen LogP contribution in [0.3, 0.4) is 0 Å². The summed E-state index contributed by atoms with van der Waals surface area (Å²) in [7, 11) is 0. The first kappa shape index (κ1) is 13.8. The second kappa shape index (κ2) is 4.98. The predicted octanol–water partition coefficient (Wildman–Crippen LogP) is 3.51. The average molecular weight is 290 g/mol. The topological polar surface area (TPSA) is 94.1 Å². The van der Waals surface area contributed by atoms with Crippen LogP contribution >= 0.6 is 0 Å².